The van der Waals surface area contributed by atoms with Crippen LogP contribution in [0.1, 0.15) is 31.0 Å². The molecular formula is C24H21ClN2. The van der Waals surface area contributed by atoms with Gasteiger partial charge < -0.3 is 0 Å². The maximum Gasteiger partial charge on any atom is 0.176 e. The largest absolute Gasteiger partial charge is 0.184 e. The van der Waals surface area contributed by atoms with Gasteiger partial charge in [0.25, 0.3) is 0 Å². The van der Waals surface area contributed by atoms with Crippen molar-refractivity contribution in [3.63, 3.8) is 0 Å². The fraction of sp³-hybridized carbons (Fsp3) is 0.167. The average Bonchev–Trinajstić information content (AvgIpc) is 2.71. The molecule has 2 atom stereocenters. The minimum Gasteiger partial charge on any atom is -0.184 e. The van der Waals surface area contributed by atoms with Crippen LogP contribution in [0.3, 0.4) is 0 Å². The first kappa shape index (κ1) is 17.7. The Hall–Kier alpha value is -2.71. The maximum atomic E-state index is 6.73. The zero-order valence-corrected chi connectivity index (χ0v) is 16.2. The van der Waals surface area contributed by atoms with Crippen molar-refractivity contribution in [3.05, 3.63) is 96.1 Å². The van der Waals surface area contributed by atoms with E-state index >= 15 is 0 Å². The van der Waals surface area contributed by atoms with Crippen LogP contribution in [0.15, 0.2) is 95.2 Å². The van der Waals surface area contributed by atoms with Crippen molar-refractivity contribution < 1.29 is 0 Å². The van der Waals surface area contributed by atoms with Gasteiger partial charge in [0.2, 0.25) is 0 Å². The van der Waals surface area contributed by atoms with Gasteiger partial charge in [0.15, 0.2) is 5.00 Å². The Labute approximate surface area is 164 Å². The van der Waals surface area contributed by atoms with E-state index in [1.165, 1.54) is 16.2 Å². The van der Waals surface area contributed by atoms with E-state index in [1.54, 1.807) is 0 Å². The molecule has 0 spiro atoms. The maximum absolute atomic E-state index is 6.73. The molecule has 0 fully saturated rings. The number of hydrogen-bond acceptors (Lipinski definition) is 2. The number of fused-ring (bicyclic) bond motifs is 2. The highest BCUT2D eigenvalue weighted by molar-refractivity contribution is 6.23. The summed E-state index contributed by atoms with van der Waals surface area (Å²) in [6.45, 7) is 3.93. The molecule has 4 rings (SSSR count). The molecule has 4 aromatic carbocycles. The van der Waals surface area contributed by atoms with Crippen molar-refractivity contribution in [2.45, 2.75) is 24.9 Å². The van der Waals surface area contributed by atoms with E-state index in [1.807, 2.05) is 44.2 Å². The van der Waals surface area contributed by atoms with E-state index in [2.05, 4.69) is 64.8 Å². The first-order valence-corrected chi connectivity index (χ1v) is 9.50. The molecule has 27 heavy (non-hydrogen) atoms. The summed E-state index contributed by atoms with van der Waals surface area (Å²) in [7, 11) is 0. The predicted octanol–water partition coefficient (Wildman–Crippen LogP) is 7.62. The number of azo groups is 1. The van der Waals surface area contributed by atoms with Gasteiger partial charge in [0.05, 0.1) is 6.04 Å². The fourth-order valence-corrected chi connectivity index (χ4v) is 3.42. The summed E-state index contributed by atoms with van der Waals surface area (Å²) in [5.41, 5.74) is 2.07. The third kappa shape index (κ3) is 3.72. The van der Waals surface area contributed by atoms with Gasteiger partial charge in [-0.25, -0.2) is 0 Å². The van der Waals surface area contributed by atoms with Crippen molar-refractivity contribution in [2.24, 2.45) is 10.2 Å². The molecule has 0 N–H and O–H groups in total. The number of rotatable bonds is 4. The van der Waals surface area contributed by atoms with Gasteiger partial charge in [-0.05, 0) is 58.7 Å². The molecule has 0 bridgehead atoms. The van der Waals surface area contributed by atoms with Crippen molar-refractivity contribution in [1.82, 2.24) is 0 Å². The number of hydrogen-bond donors (Lipinski definition) is 0. The lowest BCUT2D eigenvalue weighted by molar-refractivity contribution is 0.613. The van der Waals surface area contributed by atoms with Crippen molar-refractivity contribution in [3.8, 4) is 0 Å². The highest BCUT2D eigenvalue weighted by Crippen LogP contribution is 2.34. The Morgan fingerprint density at radius 2 is 1.30 bits per heavy atom. The zero-order chi connectivity index (χ0) is 18.9. The molecule has 0 aromatic heterocycles. The lowest BCUT2D eigenvalue weighted by atomic mass is 10.0. The van der Waals surface area contributed by atoms with Crippen LogP contribution in [0.2, 0.25) is 0 Å². The minimum absolute atomic E-state index is 0.0619. The van der Waals surface area contributed by atoms with Gasteiger partial charge in [-0.1, -0.05) is 84.4 Å². The van der Waals surface area contributed by atoms with E-state index in [0.29, 0.717) is 0 Å². The Morgan fingerprint density at radius 1 is 0.741 bits per heavy atom. The Balaban J connectivity index is 1.60. The van der Waals surface area contributed by atoms with Crippen molar-refractivity contribution in [1.29, 1.82) is 0 Å². The van der Waals surface area contributed by atoms with E-state index in [4.69, 9.17) is 11.6 Å². The summed E-state index contributed by atoms with van der Waals surface area (Å²) in [6, 6.07) is 29.1. The van der Waals surface area contributed by atoms with E-state index < -0.39 is 5.00 Å². The lowest BCUT2D eigenvalue weighted by Crippen LogP contribution is -2.09. The molecule has 0 amide bonds. The molecule has 0 aliphatic carbocycles. The van der Waals surface area contributed by atoms with Crippen LogP contribution in [0.25, 0.3) is 21.5 Å². The summed E-state index contributed by atoms with van der Waals surface area (Å²) < 4.78 is 0. The van der Waals surface area contributed by atoms with Crippen molar-refractivity contribution >= 4 is 33.1 Å². The van der Waals surface area contributed by atoms with E-state index in [-0.39, 0.29) is 6.04 Å². The number of alkyl halides is 1. The first-order valence-electron chi connectivity index (χ1n) is 9.12. The summed E-state index contributed by atoms with van der Waals surface area (Å²) in [4.78, 5) is -0.894. The Morgan fingerprint density at radius 3 is 1.96 bits per heavy atom. The smallest absolute Gasteiger partial charge is 0.176 e. The van der Waals surface area contributed by atoms with Crippen LogP contribution in [-0.2, 0) is 5.00 Å². The molecule has 134 valence electrons. The molecule has 4 aromatic rings. The van der Waals surface area contributed by atoms with Crippen LogP contribution in [0, 0.1) is 0 Å². The van der Waals surface area contributed by atoms with Crippen molar-refractivity contribution in [2.75, 3.05) is 0 Å². The average molecular weight is 373 g/mol. The molecule has 0 heterocycles. The molecule has 0 aliphatic rings. The SMILES string of the molecule is CC(/N=N/C(C)(Cl)c1ccc2ccccc2c1)c1ccc2ccccc2c1. The summed E-state index contributed by atoms with van der Waals surface area (Å²) in [5, 5.41) is 13.8. The lowest BCUT2D eigenvalue weighted by Gasteiger charge is -2.18. The molecule has 0 saturated heterocycles. The second-order valence-corrected chi connectivity index (χ2v) is 7.75. The summed E-state index contributed by atoms with van der Waals surface area (Å²) in [5.74, 6) is 0. The molecule has 2 unspecified atom stereocenters. The standard InChI is InChI=1S/C24H21ClN2/c1-17(20-12-11-18-7-3-5-9-21(18)15-20)26-27-24(2,25)23-14-13-19-8-4-6-10-22(19)16-23/h3-17H,1-2H3/b27-26+. The van der Waals surface area contributed by atoms with Crippen LogP contribution >= 0.6 is 11.6 Å². The van der Waals surface area contributed by atoms with Gasteiger partial charge in [-0.3, -0.25) is 0 Å². The van der Waals surface area contributed by atoms with Gasteiger partial charge in [0, 0.05) is 0 Å². The third-order valence-electron chi connectivity index (χ3n) is 4.95. The fourth-order valence-electron chi connectivity index (χ4n) is 3.26. The minimum atomic E-state index is -0.894. The molecule has 2 nitrogen and oxygen atoms in total. The topological polar surface area (TPSA) is 24.7 Å². The van der Waals surface area contributed by atoms with Gasteiger partial charge >= 0.3 is 0 Å². The van der Waals surface area contributed by atoms with Gasteiger partial charge in [0.1, 0.15) is 0 Å². The van der Waals surface area contributed by atoms with Crippen LogP contribution in [0.5, 0.6) is 0 Å². The predicted molar refractivity (Wildman–Crippen MR) is 114 cm³/mol. The molecular weight excluding hydrogens is 352 g/mol. The number of nitrogens with zero attached hydrogens (tertiary/aromatic N) is 2. The molecule has 0 aliphatic heterocycles. The molecule has 0 radical (unpaired) electrons. The zero-order valence-electron chi connectivity index (χ0n) is 15.4. The van der Waals surface area contributed by atoms with Crippen LogP contribution in [-0.4, -0.2) is 0 Å². The third-order valence-corrected chi connectivity index (χ3v) is 5.24. The quantitative estimate of drug-likeness (QED) is 0.200. The van der Waals surface area contributed by atoms with E-state index in [0.717, 1.165) is 16.5 Å². The first-order chi connectivity index (χ1) is 13.0. The highest BCUT2D eigenvalue weighted by atomic mass is 35.5. The van der Waals surface area contributed by atoms with Gasteiger partial charge in [-0.15, -0.1) is 0 Å². The second-order valence-electron chi connectivity index (χ2n) is 7.01. The Kier molecular flexibility index (Phi) is 4.67. The summed E-state index contributed by atoms with van der Waals surface area (Å²) >= 11 is 6.73. The van der Waals surface area contributed by atoms with Gasteiger partial charge in [-0.2, -0.15) is 10.2 Å². The van der Waals surface area contributed by atoms with Crippen LogP contribution in [0.4, 0.5) is 0 Å². The number of halogens is 1. The normalized spacial score (nSPS) is 15.2. The Bertz CT molecular complexity index is 1130. The molecule has 3 heteroatoms. The van der Waals surface area contributed by atoms with Crippen LogP contribution < -0.4 is 0 Å². The van der Waals surface area contributed by atoms with E-state index in [9.17, 15) is 0 Å². The summed E-state index contributed by atoms with van der Waals surface area (Å²) in [6.07, 6.45) is 0. The number of benzene rings is 4. The highest BCUT2D eigenvalue weighted by Gasteiger charge is 2.23. The molecule has 0 saturated carbocycles. The second kappa shape index (κ2) is 7.13. The monoisotopic (exact) mass is 372 g/mol.